The second-order valence-electron chi connectivity index (χ2n) is 6.11. The van der Waals surface area contributed by atoms with Gasteiger partial charge >= 0.3 is 0 Å². The molecule has 1 rings (SSSR count). The van der Waals surface area contributed by atoms with Crippen molar-refractivity contribution in [3.8, 4) is 6.07 Å². The lowest BCUT2D eigenvalue weighted by atomic mass is 9.89. The molecule has 1 aliphatic rings. The molecule has 1 amide bonds. The van der Waals surface area contributed by atoms with Crippen molar-refractivity contribution in [3.05, 3.63) is 0 Å². The standard InChI is InChI=1S/C15H26N2O/c1-11(2)13-6-5-8-17(9-7-13)15(18)14(10-16)12(3)4/h11-14H,5-9H2,1-4H3. The van der Waals surface area contributed by atoms with Crippen LogP contribution in [0.1, 0.15) is 47.0 Å². The fourth-order valence-electron chi connectivity index (χ4n) is 2.70. The first-order valence-corrected chi connectivity index (χ1v) is 7.15. The predicted octanol–water partition coefficient (Wildman–Crippen LogP) is 3.07. The molecule has 0 saturated carbocycles. The van der Waals surface area contributed by atoms with Gasteiger partial charge in [-0.05, 0) is 37.0 Å². The van der Waals surface area contributed by atoms with Crippen LogP contribution in [-0.4, -0.2) is 23.9 Å². The average molecular weight is 250 g/mol. The van der Waals surface area contributed by atoms with Gasteiger partial charge in [0, 0.05) is 13.1 Å². The van der Waals surface area contributed by atoms with Gasteiger partial charge in [-0.25, -0.2) is 0 Å². The van der Waals surface area contributed by atoms with Crippen LogP contribution in [0.5, 0.6) is 0 Å². The van der Waals surface area contributed by atoms with Gasteiger partial charge in [0.15, 0.2) is 0 Å². The molecule has 0 aliphatic carbocycles. The topological polar surface area (TPSA) is 44.1 Å². The first kappa shape index (κ1) is 15.0. The van der Waals surface area contributed by atoms with Crippen molar-refractivity contribution in [2.45, 2.75) is 47.0 Å². The maximum absolute atomic E-state index is 12.3. The van der Waals surface area contributed by atoms with Gasteiger partial charge in [0.1, 0.15) is 5.92 Å². The quantitative estimate of drug-likeness (QED) is 0.772. The van der Waals surface area contributed by atoms with Crippen LogP contribution in [0.3, 0.4) is 0 Å². The summed E-state index contributed by atoms with van der Waals surface area (Å²) in [7, 11) is 0. The van der Waals surface area contributed by atoms with E-state index in [0.717, 1.165) is 31.8 Å². The third kappa shape index (κ3) is 3.73. The molecule has 0 radical (unpaired) electrons. The monoisotopic (exact) mass is 250 g/mol. The van der Waals surface area contributed by atoms with Crippen molar-refractivity contribution in [2.24, 2.45) is 23.7 Å². The molecular weight excluding hydrogens is 224 g/mol. The smallest absolute Gasteiger partial charge is 0.240 e. The van der Waals surface area contributed by atoms with Crippen molar-refractivity contribution in [3.63, 3.8) is 0 Å². The van der Waals surface area contributed by atoms with E-state index in [1.165, 1.54) is 6.42 Å². The van der Waals surface area contributed by atoms with Crippen LogP contribution in [0, 0.1) is 35.0 Å². The highest BCUT2D eigenvalue weighted by Gasteiger charge is 2.29. The summed E-state index contributed by atoms with van der Waals surface area (Å²) in [6.07, 6.45) is 3.37. The summed E-state index contributed by atoms with van der Waals surface area (Å²) in [4.78, 5) is 14.2. The van der Waals surface area contributed by atoms with Crippen LogP contribution in [0.15, 0.2) is 0 Å². The number of nitrogens with zero attached hydrogens (tertiary/aromatic N) is 2. The van der Waals surface area contributed by atoms with E-state index >= 15 is 0 Å². The van der Waals surface area contributed by atoms with Crippen molar-refractivity contribution in [1.29, 1.82) is 5.26 Å². The number of hydrogen-bond donors (Lipinski definition) is 0. The summed E-state index contributed by atoms with van der Waals surface area (Å²) >= 11 is 0. The molecule has 1 saturated heterocycles. The number of amides is 1. The Morgan fingerprint density at radius 1 is 1.22 bits per heavy atom. The fraction of sp³-hybridized carbons (Fsp3) is 0.867. The molecule has 1 heterocycles. The molecular formula is C15H26N2O. The molecule has 0 bridgehead atoms. The summed E-state index contributed by atoms with van der Waals surface area (Å²) in [6, 6.07) is 2.16. The van der Waals surface area contributed by atoms with E-state index < -0.39 is 5.92 Å². The van der Waals surface area contributed by atoms with E-state index in [2.05, 4.69) is 19.9 Å². The Balaban J connectivity index is 2.63. The fourth-order valence-corrected chi connectivity index (χ4v) is 2.70. The van der Waals surface area contributed by atoms with E-state index in [1.54, 1.807) is 0 Å². The van der Waals surface area contributed by atoms with Crippen LogP contribution in [0.2, 0.25) is 0 Å². The predicted molar refractivity (Wildman–Crippen MR) is 72.7 cm³/mol. The molecule has 1 fully saturated rings. The Hall–Kier alpha value is -1.04. The second-order valence-corrected chi connectivity index (χ2v) is 6.11. The van der Waals surface area contributed by atoms with Gasteiger partial charge in [0.05, 0.1) is 6.07 Å². The first-order valence-electron chi connectivity index (χ1n) is 7.15. The van der Waals surface area contributed by atoms with Crippen LogP contribution >= 0.6 is 0 Å². The summed E-state index contributed by atoms with van der Waals surface area (Å²) in [5, 5.41) is 9.11. The Bertz CT molecular complexity index is 317. The molecule has 102 valence electrons. The van der Waals surface area contributed by atoms with Gasteiger partial charge in [-0.1, -0.05) is 27.7 Å². The highest BCUT2D eigenvalue weighted by atomic mass is 16.2. The molecule has 0 N–H and O–H groups in total. The number of rotatable bonds is 3. The van der Waals surface area contributed by atoms with Crippen LogP contribution in [-0.2, 0) is 4.79 Å². The van der Waals surface area contributed by atoms with Gasteiger partial charge in [-0.2, -0.15) is 5.26 Å². The van der Waals surface area contributed by atoms with Crippen molar-refractivity contribution < 1.29 is 4.79 Å². The largest absolute Gasteiger partial charge is 0.342 e. The Kier molecular flexibility index (Phi) is 5.65. The van der Waals surface area contributed by atoms with E-state index in [0.29, 0.717) is 5.92 Å². The average Bonchev–Trinajstić information content (AvgIpc) is 2.54. The molecule has 3 nitrogen and oxygen atoms in total. The minimum absolute atomic E-state index is 0.0388. The SMILES string of the molecule is CC(C)C1CCCN(C(=O)C(C#N)C(C)C)CC1. The highest BCUT2D eigenvalue weighted by molar-refractivity contribution is 5.81. The van der Waals surface area contributed by atoms with Crippen LogP contribution < -0.4 is 0 Å². The summed E-state index contributed by atoms with van der Waals surface area (Å²) in [6.45, 7) is 10.1. The lowest BCUT2D eigenvalue weighted by molar-refractivity contribution is -0.134. The van der Waals surface area contributed by atoms with Gasteiger partial charge < -0.3 is 4.90 Å². The van der Waals surface area contributed by atoms with Gasteiger partial charge in [0.25, 0.3) is 0 Å². The van der Waals surface area contributed by atoms with Crippen molar-refractivity contribution >= 4 is 5.91 Å². The normalized spacial score (nSPS) is 22.7. The highest BCUT2D eigenvalue weighted by Crippen LogP contribution is 2.25. The zero-order valence-electron chi connectivity index (χ0n) is 12.1. The number of likely N-dealkylation sites (tertiary alicyclic amines) is 1. The minimum atomic E-state index is -0.472. The molecule has 2 unspecified atom stereocenters. The Labute approximate surface area is 111 Å². The molecule has 0 aromatic heterocycles. The lowest BCUT2D eigenvalue weighted by Crippen LogP contribution is -2.38. The summed E-state index contributed by atoms with van der Waals surface area (Å²) in [5.74, 6) is 1.09. The van der Waals surface area contributed by atoms with Crippen molar-refractivity contribution in [1.82, 2.24) is 4.90 Å². The molecule has 1 aliphatic heterocycles. The van der Waals surface area contributed by atoms with Gasteiger partial charge in [0.2, 0.25) is 5.91 Å². The maximum atomic E-state index is 12.3. The van der Waals surface area contributed by atoms with Gasteiger partial charge in [-0.3, -0.25) is 4.79 Å². The van der Waals surface area contributed by atoms with Crippen LogP contribution in [0.25, 0.3) is 0 Å². The second kappa shape index (κ2) is 6.78. The van der Waals surface area contributed by atoms with E-state index in [-0.39, 0.29) is 11.8 Å². The molecule has 0 aromatic rings. The zero-order chi connectivity index (χ0) is 13.7. The zero-order valence-corrected chi connectivity index (χ0v) is 12.1. The van der Waals surface area contributed by atoms with E-state index in [4.69, 9.17) is 5.26 Å². The summed E-state index contributed by atoms with van der Waals surface area (Å²) < 4.78 is 0. The third-order valence-electron chi connectivity index (χ3n) is 4.10. The lowest BCUT2D eigenvalue weighted by Gasteiger charge is -2.25. The maximum Gasteiger partial charge on any atom is 0.240 e. The minimum Gasteiger partial charge on any atom is -0.342 e. The number of nitriles is 1. The third-order valence-corrected chi connectivity index (χ3v) is 4.10. The molecule has 18 heavy (non-hydrogen) atoms. The number of carbonyl (C=O) groups excluding carboxylic acids is 1. The molecule has 2 atom stereocenters. The van der Waals surface area contributed by atoms with E-state index in [9.17, 15) is 4.79 Å². The Morgan fingerprint density at radius 2 is 1.89 bits per heavy atom. The molecule has 0 aromatic carbocycles. The molecule has 3 heteroatoms. The van der Waals surface area contributed by atoms with Crippen molar-refractivity contribution in [2.75, 3.05) is 13.1 Å². The van der Waals surface area contributed by atoms with E-state index in [1.807, 2.05) is 18.7 Å². The molecule has 0 spiro atoms. The van der Waals surface area contributed by atoms with Crippen LogP contribution in [0.4, 0.5) is 0 Å². The summed E-state index contributed by atoms with van der Waals surface area (Å²) in [5.41, 5.74) is 0. The Morgan fingerprint density at radius 3 is 2.39 bits per heavy atom. The first-order chi connectivity index (χ1) is 8.47. The number of hydrogen-bond acceptors (Lipinski definition) is 2. The number of carbonyl (C=O) groups is 1. The van der Waals surface area contributed by atoms with Gasteiger partial charge in [-0.15, -0.1) is 0 Å².